The Morgan fingerprint density at radius 1 is 0.485 bits per heavy atom. The van der Waals surface area contributed by atoms with Crippen LogP contribution in [0.2, 0.25) is 0 Å². The Labute approximate surface area is 394 Å². The van der Waals surface area contributed by atoms with Crippen LogP contribution < -0.4 is 0 Å². The van der Waals surface area contributed by atoms with E-state index < -0.39 is 99.3 Å². The molecule has 380 valence electrons. The second kappa shape index (κ2) is 38.1. The molecule has 0 aromatic carbocycles. The van der Waals surface area contributed by atoms with E-state index in [9.17, 15) is 45.3 Å². The van der Waals surface area contributed by atoms with Gasteiger partial charge in [-0.3, -0.25) is 9.59 Å². The van der Waals surface area contributed by atoms with Crippen LogP contribution in [0, 0.1) is 0 Å². The fourth-order valence-electron chi connectivity index (χ4n) is 7.31. The standard InChI is InChI=1S/C51H86O15/c1-3-5-7-9-11-13-15-17-19-21-23-25-27-29-31-33-42(53)61-36-39(64-43(54)34-32-30-28-26-24-22-20-18-16-14-12-10-8-6-4-2)37-62-50-49(60)47(58)45(56)41(66-50)38-63-51-48(59)46(57)44(55)40(35-52)65-51/h12,14,17-20,23-26,39-41,44-52,55-60H,3-11,13,15-16,21-22,27-38H2,1-2H3/b14-12+,19-17+,20-18+,25-23+,26-24+/t39-,40-,41-,44+,45+,46?,47?,48?,49?,50-,51-/m1/s1. The van der Waals surface area contributed by atoms with E-state index in [2.05, 4.69) is 74.6 Å². The number of aliphatic hydroxyl groups excluding tert-OH is 7. The van der Waals surface area contributed by atoms with Gasteiger partial charge in [-0.05, 0) is 83.5 Å². The van der Waals surface area contributed by atoms with Crippen LogP contribution in [0.4, 0.5) is 0 Å². The number of hydrogen-bond donors (Lipinski definition) is 7. The van der Waals surface area contributed by atoms with Crippen LogP contribution in [0.5, 0.6) is 0 Å². The van der Waals surface area contributed by atoms with Gasteiger partial charge in [0, 0.05) is 12.8 Å². The van der Waals surface area contributed by atoms with Crippen LogP contribution in [-0.2, 0) is 38.0 Å². The molecule has 66 heavy (non-hydrogen) atoms. The smallest absolute Gasteiger partial charge is 0.306 e. The maximum absolute atomic E-state index is 13.0. The number of rotatable bonds is 37. The Hall–Kier alpha value is -2.80. The number of allylic oxidation sites excluding steroid dienone is 10. The van der Waals surface area contributed by atoms with Crippen LogP contribution in [0.1, 0.15) is 155 Å². The lowest BCUT2D eigenvalue weighted by molar-refractivity contribution is -0.332. The summed E-state index contributed by atoms with van der Waals surface area (Å²) in [5.41, 5.74) is 0. The third-order valence-electron chi connectivity index (χ3n) is 11.5. The maximum atomic E-state index is 13.0. The van der Waals surface area contributed by atoms with E-state index in [0.717, 1.165) is 57.8 Å². The molecule has 2 rings (SSSR count). The molecule has 7 N–H and O–H groups in total. The molecular weight excluding hydrogens is 853 g/mol. The van der Waals surface area contributed by atoms with Crippen molar-refractivity contribution in [2.45, 2.75) is 223 Å². The van der Waals surface area contributed by atoms with Crippen molar-refractivity contribution in [2.24, 2.45) is 0 Å². The average molecular weight is 939 g/mol. The van der Waals surface area contributed by atoms with Crippen molar-refractivity contribution in [1.29, 1.82) is 0 Å². The largest absolute Gasteiger partial charge is 0.462 e. The predicted molar refractivity (Wildman–Crippen MR) is 252 cm³/mol. The first-order valence-corrected chi connectivity index (χ1v) is 24.9. The van der Waals surface area contributed by atoms with Crippen molar-refractivity contribution < 1.29 is 73.8 Å². The van der Waals surface area contributed by atoms with Gasteiger partial charge in [-0.15, -0.1) is 0 Å². The number of esters is 2. The minimum absolute atomic E-state index is 0.107. The zero-order valence-corrected chi connectivity index (χ0v) is 39.9. The molecule has 2 saturated heterocycles. The van der Waals surface area contributed by atoms with Crippen LogP contribution in [-0.4, -0.2) is 142 Å². The molecule has 15 nitrogen and oxygen atoms in total. The molecule has 0 amide bonds. The molecule has 0 aromatic heterocycles. The summed E-state index contributed by atoms with van der Waals surface area (Å²) < 4.78 is 33.4. The summed E-state index contributed by atoms with van der Waals surface area (Å²) in [5.74, 6) is -1.01. The van der Waals surface area contributed by atoms with Crippen LogP contribution in [0.3, 0.4) is 0 Å². The van der Waals surface area contributed by atoms with Gasteiger partial charge in [0.05, 0.1) is 19.8 Å². The summed E-state index contributed by atoms with van der Waals surface area (Å²) in [6, 6.07) is 0. The third-order valence-corrected chi connectivity index (χ3v) is 11.5. The molecule has 0 saturated carbocycles. The Morgan fingerprint density at radius 2 is 0.909 bits per heavy atom. The van der Waals surface area contributed by atoms with E-state index >= 15 is 0 Å². The normalized spacial score (nSPS) is 26.7. The number of carbonyl (C=O) groups is 2. The van der Waals surface area contributed by atoms with Gasteiger partial charge in [0.25, 0.3) is 0 Å². The molecule has 15 heteroatoms. The van der Waals surface area contributed by atoms with E-state index in [1.165, 1.54) is 57.8 Å². The second-order valence-corrected chi connectivity index (χ2v) is 17.3. The topological polar surface area (TPSA) is 231 Å². The summed E-state index contributed by atoms with van der Waals surface area (Å²) >= 11 is 0. The Bertz CT molecular complexity index is 1380. The van der Waals surface area contributed by atoms with Crippen LogP contribution in [0.25, 0.3) is 0 Å². The number of hydrogen-bond acceptors (Lipinski definition) is 15. The van der Waals surface area contributed by atoms with E-state index in [4.69, 9.17) is 28.4 Å². The number of ether oxygens (including phenoxy) is 6. The predicted octanol–water partition coefficient (Wildman–Crippen LogP) is 6.49. The Morgan fingerprint density at radius 3 is 1.45 bits per heavy atom. The van der Waals surface area contributed by atoms with Crippen molar-refractivity contribution in [3.63, 3.8) is 0 Å². The lowest BCUT2D eigenvalue weighted by Crippen LogP contribution is -2.61. The lowest BCUT2D eigenvalue weighted by Gasteiger charge is -2.42. The van der Waals surface area contributed by atoms with Crippen molar-refractivity contribution in [3.05, 3.63) is 60.8 Å². The van der Waals surface area contributed by atoms with Gasteiger partial charge < -0.3 is 64.2 Å². The quantitative estimate of drug-likeness (QED) is 0.0201. The van der Waals surface area contributed by atoms with Gasteiger partial charge in [-0.2, -0.15) is 0 Å². The van der Waals surface area contributed by atoms with Gasteiger partial charge >= 0.3 is 11.9 Å². The first kappa shape index (κ1) is 59.3. The monoisotopic (exact) mass is 939 g/mol. The summed E-state index contributed by atoms with van der Waals surface area (Å²) in [7, 11) is 0. The van der Waals surface area contributed by atoms with Crippen molar-refractivity contribution in [2.75, 3.05) is 26.4 Å². The summed E-state index contributed by atoms with van der Waals surface area (Å²) in [4.78, 5) is 25.7. The Balaban J connectivity index is 1.87. The summed E-state index contributed by atoms with van der Waals surface area (Å²) in [6.07, 6.45) is 25.4. The molecule has 0 bridgehead atoms. The van der Waals surface area contributed by atoms with Crippen LogP contribution >= 0.6 is 0 Å². The second-order valence-electron chi connectivity index (χ2n) is 17.3. The molecule has 0 aromatic rings. The SMILES string of the molecule is CCCCC/C=C/C/C=C/C/C=C/CCCCC(=O)O[C@H](COC(=O)CCCC/C=C/C/C=C/CCCCCCCC)CO[C@@H]1O[C@H](CO[C@@H]2O[C@H](CO)[C@H](O)C(O)C2O)[C@H](O)C(O)C1O. The van der Waals surface area contributed by atoms with Crippen molar-refractivity contribution in [3.8, 4) is 0 Å². The Kier molecular flexibility index (Phi) is 34.2. The molecule has 4 unspecified atom stereocenters. The third kappa shape index (κ3) is 26.1. The minimum Gasteiger partial charge on any atom is -0.462 e. The van der Waals surface area contributed by atoms with Crippen molar-refractivity contribution >= 4 is 11.9 Å². The van der Waals surface area contributed by atoms with E-state index in [-0.39, 0.29) is 19.4 Å². The highest BCUT2D eigenvalue weighted by atomic mass is 16.7. The maximum Gasteiger partial charge on any atom is 0.306 e. The average Bonchev–Trinajstić information content (AvgIpc) is 3.31. The van der Waals surface area contributed by atoms with Gasteiger partial charge in [0.15, 0.2) is 18.7 Å². The highest BCUT2D eigenvalue weighted by Crippen LogP contribution is 2.26. The van der Waals surface area contributed by atoms with Crippen molar-refractivity contribution in [1.82, 2.24) is 0 Å². The molecule has 0 spiro atoms. The first-order chi connectivity index (χ1) is 32.0. The van der Waals surface area contributed by atoms with Crippen LogP contribution in [0.15, 0.2) is 60.8 Å². The summed E-state index contributed by atoms with van der Waals surface area (Å²) in [5, 5.41) is 72.0. The van der Waals surface area contributed by atoms with E-state index in [0.29, 0.717) is 12.8 Å². The number of aliphatic hydroxyl groups is 7. The molecule has 2 aliphatic rings. The minimum atomic E-state index is -1.78. The molecule has 0 radical (unpaired) electrons. The fraction of sp³-hybridized carbons (Fsp3) is 0.765. The zero-order chi connectivity index (χ0) is 48.2. The summed E-state index contributed by atoms with van der Waals surface area (Å²) in [6.45, 7) is 2.46. The van der Waals surface area contributed by atoms with E-state index in [1.807, 2.05) is 0 Å². The van der Waals surface area contributed by atoms with Gasteiger partial charge in [0.1, 0.15) is 55.4 Å². The molecule has 2 aliphatic heterocycles. The molecule has 2 heterocycles. The molecular formula is C51H86O15. The fourth-order valence-corrected chi connectivity index (χ4v) is 7.31. The highest BCUT2D eigenvalue weighted by molar-refractivity contribution is 5.70. The zero-order valence-electron chi connectivity index (χ0n) is 39.9. The van der Waals surface area contributed by atoms with Gasteiger partial charge in [-0.1, -0.05) is 120 Å². The van der Waals surface area contributed by atoms with E-state index in [1.54, 1.807) is 0 Å². The van der Waals surface area contributed by atoms with Gasteiger partial charge in [0.2, 0.25) is 0 Å². The highest BCUT2D eigenvalue weighted by Gasteiger charge is 2.47. The van der Waals surface area contributed by atoms with Gasteiger partial charge in [-0.25, -0.2) is 0 Å². The first-order valence-electron chi connectivity index (χ1n) is 24.9. The molecule has 0 aliphatic carbocycles. The molecule has 11 atom stereocenters. The lowest BCUT2D eigenvalue weighted by atomic mass is 9.98. The molecule has 2 fully saturated rings. The number of unbranched alkanes of at least 4 members (excludes halogenated alkanes) is 13. The number of carbonyl (C=O) groups excluding carboxylic acids is 2.